The smallest absolute Gasteiger partial charge is 0.136 e. The van der Waals surface area contributed by atoms with Gasteiger partial charge in [0.25, 0.3) is 0 Å². The van der Waals surface area contributed by atoms with Crippen LogP contribution in [0.3, 0.4) is 0 Å². The molecule has 0 radical (unpaired) electrons. The monoisotopic (exact) mass is 568 g/mol. The predicted molar refractivity (Wildman–Crippen MR) is 161 cm³/mol. The van der Waals surface area contributed by atoms with Crippen LogP contribution in [0.25, 0.3) is 0 Å². The first kappa shape index (κ1) is 28.8. The topological polar surface area (TPSA) is 58.3 Å². The Hall–Kier alpha value is -0.920. The van der Waals surface area contributed by atoms with Crippen molar-refractivity contribution in [3.63, 3.8) is 0 Å². The highest BCUT2D eigenvalue weighted by Gasteiger charge is 2.73. The summed E-state index contributed by atoms with van der Waals surface area (Å²) in [5, 5.41) is 12.9. The van der Waals surface area contributed by atoms with Crippen molar-refractivity contribution in [2.45, 2.75) is 115 Å². The van der Waals surface area contributed by atoms with Crippen LogP contribution >= 0.6 is 0 Å². The fraction of sp³-hybridized carbons (Fsp3) is 0.886. The molecule has 0 spiro atoms. The molecule has 0 bridgehead atoms. The maximum absolute atomic E-state index is 12.9. The van der Waals surface area contributed by atoms with Gasteiger partial charge in [0.05, 0.1) is 31.2 Å². The molecule has 1 N–H and O–H groups in total. The van der Waals surface area contributed by atoms with Crippen molar-refractivity contribution in [3.8, 4) is 0 Å². The van der Waals surface area contributed by atoms with E-state index in [1.54, 1.807) is 6.26 Å². The van der Waals surface area contributed by atoms with Gasteiger partial charge in [0.15, 0.2) is 0 Å². The van der Waals surface area contributed by atoms with Crippen LogP contribution < -0.4 is 0 Å². The SMILES string of the molecule is C[C@]12CC[C@H](OCCN3CCCC3)C[C@@H]1CC[C@@H]1[C@@H]2CC[C@]2(C)[C@](OCCN3CCCC3)(c3ccco3)CC[C@]12O. The average molecular weight is 569 g/mol. The number of hydrogen-bond acceptors (Lipinski definition) is 6. The predicted octanol–water partition coefficient (Wildman–Crippen LogP) is 6.23. The lowest BCUT2D eigenvalue weighted by Crippen LogP contribution is -2.65. The molecule has 2 aliphatic heterocycles. The van der Waals surface area contributed by atoms with E-state index in [-0.39, 0.29) is 5.41 Å². The zero-order chi connectivity index (χ0) is 28.1. The standard InChI is InChI=1S/C35H56N2O4/c1-32-13-11-28(39-24-21-36-17-3-4-18-36)26-27(32)9-10-30-29(32)12-14-33(2)34(30,38)15-16-35(33,31-8-7-23-40-31)41-25-22-37-19-5-6-20-37/h7-8,23,27-30,38H,3-6,9-22,24-26H2,1-2H3/t27-,28-,29-,30+,32-,33-,34-,35+/m0/s1. The van der Waals surface area contributed by atoms with E-state index in [1.807, 2.05) is 6.07 Å². The van der Waals surface area contributed by atoms with Gasteiger partial charge in [-0.05, 0) is 145 Å². The highest BCUT2D eigenvalue weighted by atomic mass is 16.5. The summed E-state index contributed by atoms with van der Waals surface area (Å²) < 4.78 is 19.7. The first-order valence-corrected chi connectivity index (χ1v) is 17.3. The first-order chi connectivity index (χ1) is 19.9. The second-order valence-electron chi connectivity index (χ2n) is 15.3. The van der Waals surface area contributed by atoms with Gasteiger partial charge in [0.1, 0.15) is 11.4 Å². The van der Waals surface area contributed by atoms with Gasteiger partial charge in [-0.1, -0.05) is 13.8 Å². The van der Waals surface area contributed by atoms with Crippen molar-refractivity contribution < 1.29 is 19.0 Å². The number of fused-ring (bicyclic) bond motifs is 5. The zero-order valence-electron chi connectivity index (χ0n) is 26.0. The van der Waals surface area contributed by atoms with Crippen LogP contribution in [-0.4, -0.2) is 79.1 Å². The van der Waals surface area contributed by atoms with Gasteiger partial charge in [-0.15, -0.1) is 0 Å². The number of aliphatic hydroxyl groups is 1. The molecule has 1 aromatic rings. The Labute approximate surface area is 248 Å². The lowest BCUT2D eigenvalue weighted by Gasteiger charge is -2.64. The molecule has 1 aromatic heterocycles. The number of hydrogen-bond donors (Lipinski definition) is 1. The number of likely N-dealkylation sites (tertiary alicyclic amines) is 2. The molecule has 8 atom stereocenters. The van der Waals surface area contributed by atoms with E-state index in [0.29, 0.717) is 30.0 Å². The first-order valence-electron chi connectivity index (χ1n) is 17.3. The Balaban J connectivity index is 1.06. The number of furan rings is 1. The van der Waals surface area contributed by atoms with Crippen molar-refractivity contribution >= 4 is 0 Å². The van der Waals surface area contributed by atoms with Crippen molar-refractivity contribution in [1.29, 1.82) is 0 Å². The summed E-state index contributed by atoms with van der Waals surface area (Å²) in [6.07, 6.45) is 17.4. The summed E-state index contributed by atoms with van der Waals surface area (Å²) in [5.74, 6) is 2.58. The van der Waals surface area contributed by atoms with Gasteiger partial charge < -0.3 is 28.8 Å². The molecule has 3 heterocycles. The molecule has 6 nitrogen and oxygen atoms in total. The highest BCUT2D eigenvalue weighted by Crippen LogP contribution is 2.72. The Morgan fingerprint density at radius 2 is 1.59 bits per heavy atom. The molecule has 41 heavy (non-hydrogen) atoms. The number of rotatable bonds is 9. The van der Waals surface area contributed by atoms with Crippen LogP contribution in [-0.2, 0) is 15.1 Å². The number of nitrogens with zero attached hydrogens (tertiary/aromatic N) is 2. The Morgan fingerprint density at radius 3 is 2.29 bits per heavy atom. The third-order valence-electron chi connectivity index (χ3n) is 13.8. The molecule has 6 heteroatoms. The summed E-state index contributed by atoms with van der Waals surface area (Å²) in [6, 6.07) is 4.12. The minimum Gasteiger partial charge on any atom is -0.466 e. The van der Waals surface area contributed by atoms with Crippen LogP contribution in [0, 0.1) is 28.6 Å². The van der Waals surface area contributed by atoms with E-state index < -0.39 is 11.2 Å². The molecular weight excluding hydrogens is 512 g/mol. The molecule has 6 fully saturated rings. The second-order valence-corrected chi connectivity index (χ2v) is 15.3. The summed E-state index contributed by atoms with van der Waals surface area (Å²) in [5.41, 5.74) is -1.30. The normalized spacial score (nSPS) is 45.0. The lowest BCUT2D eigenvalue weighted by atomic mass is 9.43. The van der Waals surface area contributed by atoms with Crippen LogP contribution in [0.1, 0.15) is 103 Å². The van der Waals surface area contributed by atoms with Crippen LogP contribution in [0.4, 0.5) is 0 Å². The van der Waals surface area contributed by atoms with Crippen LogP contribution in [0.15, 0.2) is 22.8 Å². The molecule has 2 saturated heterocycles. The lowest BCUT2D eigenvalue weighted by molar-refractivity contribution is -0.253. The fourth-order valence-corrected chi connectivity index (χ4v) is 11.3. The second kappa shape index (κ2) is 11.2. The van der Waals surface area contributed by atoms with Gasteiger partial charge in [-0.2, -0.15) is 0 Å². The molecule has 0 aromatic carbocycles. The van der Waals surface area contributed by atoms with Crippen molar-refractivity contribution in [2.24, 2.45) is 28.6 Å². The quantitative estimate of drug-likeness (QED) is 0.381. The van der Waals surface area contributed by atoms with Gasteiger partial charge in [-0.3, -0.25) is 0 Å². The van der Waals surface area contributed by atoms with E-state index in [1.165, 1.54) is 84.0 Å². The minimum atomic E-state index is -0.715. The largest absolute Gasteiger partial charge is 0.466 e. The Kier molecular flexibility index (Phi) is 7.89. The third-order valence-corrected chi connectivity index (χ3v) is 13.8. The maximum Gasteiger partial charge on any atom is 0.136 e. The molecule has 0 unspecified atom stereocenters. The Bertz CT molecular complexity index is 1020. The van der Waals surface area contributed by atoms with E-state index >= 15 is 0 Å². The molecule has 7 rings (SSSR count). The number of ether oxygens (including phenoxy) is 2. The van der Waals surface area contributed by atoms with Gasteiger partial charge in [0, 0.05) is 18.5 Å². The van der Waals surface area contributed by atoms with Crippen molar-refractivity contribution in [3.05, 3.63) is 24.2 Å². The van der Waals surface area contributed by atoms with Crippen molar-refractivity contribution in [2.75, 3.05) is 52.5 Å². The molecule has 4 saturated carbocycles. The van der Waals surface area contributed by atoms with Gasteiger partial charge >= 0.3 is 0 Å². The van der Waals surface area contributed by atoms with E-state index in [4.69, 9.17) is 13.9 Å². The molecular formula is C35H56N2O4. The third kappa shape index (κ3) is 4.69. The fourth-order valence-electron chi connectivity index (χ4n) is 11.3. The zero-order valence-corrected chi connectivity index (χ0v) is 26.0. The maximum atomic E-state index is 12.9. The summed E-state index contributed by atoms with van der Waals surface area (Å²) in [6.45, 7) is 13.5. The molecule has 230 valence electrons. The molecule has 4 aliphatic carbocycles. The van der Waals surface area contributed by atoms with E-state index in [9.17, 15) is 5.11 Å². The van der Waals surface area contributed by atoms with E-state index in [2.05, 4.69) is 29.7 Å². The van der Waals surface area contributed by atoms with Gasteiger partial charge in [0.2, 0.25) is 0 Å². The summed E-state index contributed by atoms with van der Waals surface area (Å²) in [4.78, 5) is 5.10. The summed E-state index contributed by atoms with van der Waals surface area (Å²) >= 11 is 0. The highest BCUT2D eigenvalue weighted by molar-refractivity contribution is 5.28. The Morgan fingerprint density at radius 1 is 0.854 bits per heavy atom. The van der Waals surface area contributed by atoms with E-state index in [0.717, 1.165) is 57.1 Å². The van der Waals surface area contributed by atoms with Gasteiger partial charge in [-0.25, -0.2) is 0 Å². The molecule has 0 amide bonds. The molecule has 6 aliphatic rings. The van der Waals surface area contributed by atoms with Crippen molar-refractivity contribution in [1.82, 2.24) is 9.80 Å². The average Bonchev–Trinajstić information content (AvgIpc) is 3.79. The minimum absolute atomic E-state index is 0.307. The van der Waals surface area contributed by atoms with Crippen LogP contribution in [0.2, 0.25) is 0 Å². The van der Waals surface area contributed by atoms with Crippen LogP contribution in [0.5, 0.6) is 0 Å². The summed E-state index contributed by atoms with van der Waals surface area (Å²) in [7, 11) is 0.